The van der Waals surface area contributed by atoms with Gasteiger partial charge in [-0.1, -0.05) is 30.3 Å². The van der Waals surface area contributed by atoms with Crippen molar-refractivity contribution in [2.75, 3.05) is 37.4 Å². The fourth-order valence-corrected chi connectivity index (χ4v) is 3.42. The van der Waals surface area contributed by atoms with E-state index in [9.17, 15) is 4.79 Å². The Morgan fingerprint density at radius 1 is 1.14 bits per heavy atom. The Hall–Kier alpha value is -3.19. The van der Waals surface area contributed by atoms with E-state index in [2.05, 4.69) is 44.4 Å². The summed E-state index contributed by atoms with van der Waals surface area (Å²) in [5.74, 6) is 0.387. The summed E-state index contributed by atoms with van der Waals surface area (Å²) in [7, 11) is 4.25. The van der Waals surface area contributed by atoms with Gasteiger partial charge in [0.2, 0.25) is 5.82 Å². The van der Waals surface area contributed by atoms with E-state index in [-0.39, 0.29) is 11.7 Å². The van der Waals surface area contributed by atoms with E-state index in [1.54, 1.807) is 0 Å². The molecule has 0 bridgehead atoms. The van der Waals surface area contributed by atoms with E-state index >= 15 is 0 Å². The fourth-order valence-electron chi connectivity index (χ4n) is 3.42. The summed E-state index contributed by atoms with van der Waals surface area (Å²) in [6, 6.07) is 18.1. The highest BCUT2D eigenvalue weighted by atomic mass is 16.2. The molecule has 1 saturated heterocycles. The van der Waals surface area contributed by atoms with Crippen LogP contribution in [0.4, 0.5) is 11.4 Å². The summed E-state index contributed by atoms with van der Waals surface area (Å²) in [6.07, 6.45) is 1.17. The number of aromatic nitrogens is 3. The number of H-pyrrole nitrogens is 1. The lowest BCUT2D eigenvalue weighted by Gasteiger charge is -2.22. The van der Waals surface area contributed by atoms with Crippen molar-refractivity contribution in [3.8, 4) is 11.4 Å². The molecule has 0 saturated carbocycles. The number of hydrogen-bond acceptors (Lipinski definition) is 5. The van der Waals surface area contributed by atoms with Crippen molar-refractivity contribution in [1.29, 1.82) is 0 Å². The Morgan fingerprint density at radius 3 is 2.57 bits per heavy atom. The van der Waals surface area contributed by atoms with Gasteiger partial charge in [0.1, 0.15) is 0 Å². The van der Waals surface area contributed by atoms with Crippen LogP contribution in [-0.4, -0.2) is 59.2 Å². The van der Waals surface area contributed by atoms with Crippen molar-refractivity contribution < 1.29 is 4.79 Å². The van der Waals surface area contributed by atoms with Gasteiger partial charge in [-0.05, 0) is 44.8 Å². The monoisotopic (exact) mass is 376 g/mol. The highest BCUT2D eigenvalue weighted by Crippen LogP contribution is 2.24. The van der Waals surface area contributed by atoms with Crippen LogP contribution in [0.15, 0.2) is 54.6 Å². The molecule has 2 heterocycles. The number of amides is 1. The van der Waals surface area contributed by atoms with E-state index in [1.807, 2.05) is 54.6 Å². The molecule has 1 atom stereocenters. The van der Waals surface area contributed by atoms with Crippen LogP contribution in [-0.2, 0) is 0 Å². The van der Waals surface area contributed by atoms with E-state index in [4.69, 9.17) is 0 Å². The van der Waals surface area contributed by atoms with Gasteiger partial charge in [0.15, 0.2) is 5.82 Å². The van der Waals surface area contributed by atoms with Crippen LogP contribution in [0.1, 0.15) is 17.0 Å². The number of likely N-dealkylation sites (N-methyl/N-ethyl adjacent to an activating group) is 1. The number of carbonyl (C=O) groups excluding carboxylic acids is 1. The van der Waals surface area contributed by atoms with Crippen molar-refractivity contribution in [1.82, 2.24) is 20.1 Å². The first-order chi connectivity index (χ1) is 13.6. The smallest absolute Gasteiger partial charge is 0.293 e. The molecule has 1 aliphatic heterocycles. The van der Waals surface area contributed by atoms with Gasteiger partial charge in [-0.15, -0.1) is 0 Å². The van der Waals surface area contributed by atoms with Gasteiger partial charge in [0.05, 0.1) is 0 Å². The lowest BCUT2D eigenvalue weighted by atomic mass is 10.2. The molecule has 1 fully saturated rings. The van der Waals surface area contributed by atoms with Crippen LogP contribution in [0.25, 0.3) is 11.4 Å². The first-order valence-corrected chi connectivity index (χ1v) is 9.41. The predicted octanol–water partition coefficient (Wildman–Crippen LogP) is 2.86. The van der Waals surface area contributed by atoms with Crippen LogP contribution in [0.5, 0.6) is 0 Å². The number of hydrogen-bond donors (Lipinski definition) is 2. The molecule has 144 valence electrons. The van der Waals surface area contributed by atoms with Crippen molar-refractivity contribution in [2.24, 2.45) is 0 Å². The largest absolute Gasteiger partial charge is 0.370 e. The van der Waals surface area contributed by atoms with Crippen LogP contribution < -0.4 is 10.2 Å². The number of nitrogens with one attached hydrogen (secondary N) is 2. The van der Waals surface area contributed by atoms with Gasteiger partial charge >= 0.3 is 0 Å². The van der Waals surface area contributed by atoms with E-state index in [0.29, 0.717) is 11.9 Å². The number of benzene rings is 2. The maximum absolute atomic E-state index is 12.5. The number of anilines is 2. The maximum Gasteiger partial charge on any atom is 0.293 e. The Morgan fingerprint density at radius 2 is 1.89 bits per heavy atom. The number of aromatic amines is 1. The molecule has 28 heavy (non-hydrogen) atoms. The molecule has 2 aromatic carbocycles. The molecule has 3 aromatic rings. The molecule has 7 nitrogen and oxygen atoms in total. The van der Waals surface area contributed by atoms with Gasteiger partial charge < -0.3 is 15.1 Å². The summed E-state index contributed by atoms with van der Waals surface area (Å²) < 4.78 is 0. The summed E-state index contributed by atoms with van der Waals surface area (Å²) in [6.45, 7) is 2.08. The fraction of sp³-hybridized carbons (Fsp3) is 0.286. The summed E-state index contributed by atoms with van der Waals surface area (Å²) in [5, 5.41) is 9.71. The molecule has 2 N–H and O–H groups in total. The second-order valence-corrected chi connectivity index (χ2v) is 7.23. The van der Waals surface area contributed by atoms with Crippen molar-refractivity contribution in [3.63, 3.8) is 0 Å². The molecule has 0 radical (unpaired) electrons. The van der Waals surface area contributed by atoms with Crippen LogP contribution in [0, 0.1) is 0 Å². The molecule has 1 unspecified atom stereocenters. The first kappa shape index (κ1) is 18.2. The Kier molecular flexibility index (Phi) is 5.08. The van der Waals surface area contributed by atoms with Crippen molar-refractivity contribution >= 4 is 17.3 Å². The average molecular weight is 376 g/mol. The van der Waals surface area contributed by atoms with Crippen LogP contribution >= 0.6 is 0 Å². The van der Waals surface area contributed by atoms with E-state index < -0.39 is 0 Å². The predicted molar refractivity (Wildman–Crippen MR) is 111 cm³/mol. The topological polar surface area (TPSA) is 77.2 Å². The zero-order valence-electron chi connectivity index (χ0n) is 16.1. The zero-order valence-corrected chi connectivity index (χ0v) is 16.1. The summed E-state index contributed by atoms with van der Waals surface area (Å²) in [4.78, 5) is 21.4. The third-order valence-electron chi connectivity index (χ3n) is 5.12. The zero-order chi connectivity index (χ0) is 19.5. The SMILES string of the molecule is CN(C)C1CCN(c2ccc(NC(=O)c3nc(-c4ccccc4)n[nH]3)cc2)C1. The molecular formula is C21H24N6O. The summed E-state index contributed by atoms with van der Waals surface area (Å²) >= 11 is 0. The molecular weight excluding hydrogens is 352 g/mol. The highest BCUT2D eigenvalue weighted by Gasteiger charge is 2.24. The molecule has 0 spiro atoms. The molecule has 0 aliphatic carbocycles. The van der Waals surface area contributed by atoms with Crippen molar-refractivity contribution in [3.05, 3.63) is 60.4 Å². The lowest BCUT2D eigenvalue weighted by Crippen LogP contribution is -2.31. The maximum atomic E-state index is 12.5. The minimum Gasteiger partial charge on any atom is -0.370 e. The summed E-state index contributed by atoms with van der Waals surface area (Å²) in [5.41, 5.74) is 2.77. The third-order valence-corrected chi connectivity index (χ3v) is 5.12. The van der Waals surface area contributed by atoms with Crippen LogP contribution in [0.2, 0.25) is 0 Å². The normalized spacial score (nSPS) is 16.5. The molecule has 4 rings (SSSR count). The van der Waals surface area contributed by atoms with Gasteiger partial charge in [-0.3, -0.25) is 9.89 Å². The molecule has 7 heteroatoms. The number of nitrogens with zero attached hydrogens (tertiary/aromatic N) is 4. The van der Waals surface area contributed by atoms with Crippen LogP contribution in [0.3, 0.4) is 0 Å². The van der Waals surface area contributed by atoms with E-state index in [1.165, 1.54) is 12.1 Å². The van der Waals surface area contributed by atoms with Gasteiger partial charge in [-0.2, -0.15) is 5.10 Å². The molecule has 1 aromatic heterocycles. The minimum atomic E-state index is -0.309. The Labute approximate surface area is 164 Å². The quantitative estimate of drug-likeness (QED) is 0.716. The second kappa shape index (κ2) is 7.82. The average Bonchev–Trinajstić information content (AvgIpc) is 3.39. The Balaban J connectivity index is 1.39. The van der Waals surface area contributed by atoms with E-state index in [0.717, 1.165) is 24.3 Å². The lowest BCUT2D eigenvalue weighted by molar-refractivity contribution is 0.101. The van der Waals surface area contributed by atoms with Gasteiger partial charge in [0.25, 0.3) is 5.91 Å². The Bertz CT molecular complexity index is 935. The standard InChI is InChI=1S/C21H24N6O/c1-26(2)18-12-13-27(14-18)17-10-8-16(9-11-17)22-21(28)20-23-19(24-25-20)15-6-4-3-5-7-15/h3-11,18H,12-14H2,1-2H3,(H,22,28)(H,23,24,25). The first-order valence-electron chi connectivity index (χ1n) is 9.41. The van der Waals surface area contributed by atoms with Crippen molar-refractivity contribution in [2.45, 2.75) is 12.5 Å². The van der Waals surface area contributed by atoms with Gasteiger partial charge in [0, 0.05) is 36.1 Å². The number of carbonyl (C=O) groups is 1. The third kappa shape index (κ3) is 3.89. The minimum absolute atomic E-state index is 0.191. The second-order valence-electron chi connectivity index (χ2n) is 7.23. The molecule has 1 amide bonds. The number of rotatable bonds is 5. The van der Waals surface area contributed by atoms with Gasteiger partial charge in [-0.25, -0.2) is 4.98 Å². The molecule has 1 aliphatic rings. The highest BCUT2D eigenvalue weighted by molar-refractivity contribution is 6.01.